The maximum atomic E-state index is 5.92. The molecule has 1 saturated heterocycles. The molecule has 3 heterocycles. The van der Waals surface area contributed by atoms with E-state index in [1.54, 1.807) is 11.3 Å². The van der Waals surface area contributed by atoms with E-state index >= 15 is 0 Å². The van der Waals surface area contributed by atoms with Crippen LogP contribution >= 0.6 is 11.3 Å². The SMILES string of the molecule is CCc1cc2c(OC3CCOC3)nc(NN)nc2s1. The second kappa shape index (κ2) is 5.28. The first-order valence-electron chi connectivity index (χ1n) is 6.31. The molecule has 0 bridgehead atoms. The van der Waals surface area contributed by atoms with Gasteiger partial charge in [-0.1, -0.05) is 6.92 Å². The first kappa shape index (κ1) is 12.6. The third-order valence-corrected chi connectivity index (χ3v) is 4.23. The Kier molecular flexibility index (Phi) is 3.50. The number of anilines is 1. The lowest BCUT2D eigenvalue weighted by molar-refractivity contribution is 0.139. The molecule has 1 aliphatic heterocycles. The van der Waals surface area contributed by atoms with Crippen molar-refractivity contribution in [1.29, 1.82) is 0 Å². The molecular weight excluding hydrogens is 264 g/mol. The molecule has 3 N–H and O–H groups in total. The van der Waals surface area contributed by atoms with Crippen LogP contribution in [0.4, 0.5) is 5.95 Å². The number of hydrogen-bond donors (Lipinski definition) is 2. The van der Waals surface area contributed by atoms with Crippen LogP contribution < -0.4 is 16.0 Å². The molecule has 2 aromatic heterocycles. The molecule has 102 valence electrons. The Morgan fingerprint density at radius 3 is 3.16 bits per heavy atom. The van der Waals surface area contributed by atoms with Crippen LogP contribution in [0.3, 0.4) is 0 Å². The summed E-state index contributed by atoms with van der Waals surface area (Å²) < 4.78 is 11.2. The van der Waals surface area contributed by atoms with Crippen LogP contribution in [0.2, 0.25) is 0 Å². The van der Waals surface area contributed by atoms with Crippen LogP contribution in [0.5, 0.6) is 5.88 Å². The van der Waals surface area contributed by atoms with Gasteiger partial charge in [0.05, 0.1) is 18.6 Å². The fourth-order valence-electron chi connectivity index (χ4n) is 2.04. The van der Waals surface area contributed by atoms with E-state index in [0.717, 1.165) is 29.7 Å². The molecule has 0 radical (unpaired) electrons. The summed E-state index contributed by atoms with van der Waals surface area (Å²) in [5.74, 6) is 6.37. The summed E-state index contributed by atoms with van der Waals surface area (Å²) in [6.45, 7) is 3.47. The highest BCUT2D eigenvalue weighted by atomic mass is 32.1. The summed E-state index contributed by atoms with van der Waals surface area (Å²) in [4.78, 5) is 10.8. The quantitative estimate of drug-likeness (QED) is 0.655. The average Bonchev–Trinajstić information content (AvgIpc) is 3.06. The van der Waals surface area contributed by atoms with Crippen molar-refractivity contribution < 1.29 is 9.47 Å². The average molecular weight is 280 g/mol. The minimum Gasteiger partial charge on any atom is -0.471 e. The third kappa shape index (κ3) is 2.49. The molecular formula is C12H16N4O2S. The minimum absolute atomic E-state index is 0.0636. The van der Waals surface area contributed by atoms with E-state index < -0.39 is 0 Å². The van der Waals surface area contributed by atoms with Gasteiger partial charge in [0, 0.05) is 11.3 Å². The number of hydrogen-bond acceptors (Lipinski definition) is 7. The lowest BCUT2D eigenvalue weighted by atomic mass is 10.3. The monoisotopic (exact) mass is 280 g/mol. The van der Waals surface area contributed by atoms with Gasteiger partial charge in [0.1, 0.15) is 10.9 Å². The summed E-state index contributed by atoms with van der Waals surface area (Å²) >= 11 is 1.64. The van der Waals surface area contributed by atoms with Crippen molar-refractivity contribution in [3.63, 3.8) is 0 Å². The number of ether oxygens (including phenoxy) is 2. The van der Waals surface area contributed by atoms with E-state index in [1.165, 1.54) is 4.88 Å². The maximum Gasteiger partial charge on any atom is 0.241 e. The summed E-state index contributed by atoms with van der Waals surface area (Å²) in [6.07, 6.45) is 1.92. The predicted octanol–water partition coefficient (Wildman–Crippen LogP) is 1.71. The second-order valence-corrected chi connectivity index (χ2v) is 5.50. The number of hydrazine groups is 1. The Labute approximate surface area is 114 Å². The summed E-state index contributed by atoms with van der Waals surface area (Å²) in [7, 11) is 0. The Balaban J connectivity index is 2.01. The van der Waals surface area contributed by atoms with Gasteiger partial charge in [-0.15, -0.1) is 11.3 Å². The number of rotatable bonds is 4. The molecule has 1 unspecified atom stereocenters. The zero-order valence-electron chi connectivity index (χ0n) is 10.7. The molecule has 0 amide bonds. The zero-order chi connectivity index (χ0) is 13.2. The number of fused-ring (bicyclic) bond motifs is 1. The highest BCUT2D eigenvalue weighted by Crippen LogP contribution is 2.32. The third-order valence-electron chi connectivity index (χ3n) is 3.05. The van der Waals surface area contributed by atoms with Gasteiger partial charge in [-0.25, -0.2) is 10.8 Å². The van der Waals surface area contributed by atoms with Gasteiger partial charge in [0.25, 0.3) is 0 Å². The van der Waals surface area contributed by atoms with Gasteiger partial charge >= 0.3 is 0 Å². The lowest BCUT2D eigenvalue weighted by Crippen LogP contribution is -2.18. The van der Waals surface area contributed by atoms with E-state index in [2.05, 4.69) is 28.4 Å². The molecule has 0 aliphatic carbocycles. The van der Waals surface area contributed by atoms with Crippen molar-refractivity contribution in [3.8, 4) is 5.88 Å². The Hall–Kier alpha value is -1.44. The Morgan fingerprint density at radius 1 is 1.58 bits per heavy atom. The molecule has 7 heteroatoms. The van der Waals surface area contributed by atoms with Crippen LogP contribution in [-0.4, -0.2) is 29.3 Å². The highest BCUT2D eigenvalue weighted by Gasteiger charge is 2.20. The fraction of sp³-hybridized carbons (Fsp3) is 0.500. The van der Waals surface area contributed by atoms with Crippen LogP contribution in [-0.2, 0) is 11.2 Å². The number of aromatic nitrogens is 2. The van der Waals surface area contributed by atoms with Crippen molar-refractivity contribution in [2.24, 2.45) is 5.84 Å². The molecule has 6 nitrogen and oxygen atoms in total. The Bertz CT molecular complexity index is 580. The van der Waals surface area contributed by atoms with Gasteiger partial charge < -0.3 is 9.47 Å². The highest BCUT2D eigenvalue weighted by molar-refractivity contribution is 7.18. The Morgan fingerprint density at radius 2 is 2.47 bits per heavy atom. The van der Waals surface area contributed by atoms with Gasteiger partial charge in [-0.2, -0.15) is 4.98 Å². The molecule has 2 aromatic rings. The first-order valence-corrected chi connectivity index (χ1v) is 7.13. The van der Waals surface area contributed by atoms with Gasteiger partial charge in [0.2, 0.25) is 11.8 Å². The number of nitrogens with zero attached hydrogens (tertiary/aromatic N) is 2. The molecule has 19 heavy (non-hydrogen) atoms. The fourth-order valence-corrected chi connectivity index (χ4v) is 3.00. The van der Waals surface area contributed by atoms with Crippen LogP contribution in [0, 0.1) is 0 Å². The molecule has 1 fully saturated rings. The summed E-state index contributed by atoms with van der Waals surface area (Å²) in [5, 5.41) is 0.952. The van der Waals surface area contributed by atoms with E-state index in [9.17, 15) is 0 Å². The molecule has 0 aromatic carbocycles. The van der Waals surface area contributed by atoms with Crippen molar-refractivity contribution in [2.75, 3.05) is 18.6 Å². The van der Waals surface area contributed by atoms with E-state index in [-0.39, 0.29) is 6.10 Å². The summed E-state index contributed by atoms with van der Waals surface area (Å²) in [6, 6.07) is 2.09. The second-order valence-electron chi connectivity index (χ2n) is 4.39. The number of nitrogen functional groups attached to an aromatic ring is 1. The van der Waals surface area contributed by atoms with Crippen molar-refractivity contribution >= 4 is 27.5 Å². The largest absolute Gasteiger partial charge is 0.471 e. The number of nitrogens with one attached hydrogen (secondary N) is 1. The van der Waals surface area contributed by atoms with Crippen molar-refractivity contribution in [3.05, 3.63) is 10.9 Å². The lowest BCUT2D eigenvalue weighted by Gasteiger charge is -2.12. The molecule has 0 spiro atoms. The van der Waals surface area contributed by atoms with E-state index in [1.807, 2.05) is 0 Å². The van der Waals surface area contributed by atoms with Gasteiger partial charge in [-0.05, 0) is 12.5 Å². The van der Waals surface area contributed by atoms with Crippen LogP contribution in [0.1, 0.15) is 18.2 Å². The number of aryl methyl sites for hydroxylation is 1. The van der Waals surface area contributed by atoms with Crippen molar-refractivity contribution in [2.45, 2.75) is 25.9 Å². The molecule has 0 saturated carbocycles. The van der Waals surface area contributed by atoms with Crippen molar-refractivity contribution in [1.82, 2.24) is 9.97 Å². The standard InChI is InChI=1S/C12H16N4O2S/c1-2-8-5-9-10(18-7-3-4-17-6-7)14-12(16-13)15-11(9)19-8/h5,7H,2-4,6,13H2,1H3,(H,14,15,16). The molecule has 1 aliphatic rings. The van der Waals surface area contributed by atoms with Gasteiger partial charge in [0.15, 0.2) is 0 Å². The van der Waals surface area contributed by atoms with Crippen LogP contribution in [0.15, 0.2) is 6.07 Å². The predicted molar refractivity (Wildman–Crippen MR) is 74.5 cm³/mol. The van der Waals surface area contributed by atoms with Crippen LogP contribution in [0.25, 0.3) is 10.2 Å². The molecule has 3 rings (SSSR count). The normalized spacial score (nSPS) is 18.9. The first-order chi connectivity index (χ1) is 9.30. The van der Waals surface area contributed by atoms with E-state index in [4.69, 9.17) is 15.3 Å². The summed E-state index contributed by atoms with van der Waals surface area (Å²) in [5.41, 5.74) is 2.48. The maximum absolute atomic E-state index is 5.92. The smallest absolute Gasteiger partial charge is 0.241 e. The van der Waals surface area contributed by atoms with Gasteiger partial charge in [-0.3, -0.25) is 5.43 Å². The van der Waals surface area contributed by atoms with E-state index in [0.29, 0.717) is 18.4 Å². The number of nitrogens with two attached hydrogens (primary N) is 1. The topological polar surface area (TPSA) is 82.3 Å². The zero-order valence-corrected chi connectivity index (χ0v) is 11.5. The molecule has 1 atom stereocenters. The minimum atomic E-state index is 0.0636. The number of thiophene rings is 1.